The van der Waals surface area contributed by atoms with Crippen LogP contribution < -0.4 is 0 Å². The van der Waals surface area contributed by atoms with Crippen molar-refractivity contribution in [3.8, 4) is 5.75 Å². The second-order valence-corrected chi connectivity index (χ2v) is 3.87. The highest BCUT2D eigenvalue weighted by atomic mass is 32.1. The zero-order valence-corrected chi connectivity index (χ0v) is 7.94. The van der Waals surface area contributed by atoms with Crippen molar-refractivity contribution in [3.63, 3.8) is 0 Å². The Hall–Kier alpha value is -1.09. The van der Waals surface area contributed by atoms with Gasteiger partial charge in [-0.05, 0) is 24.4 Å². The summed E-state index contributed by atoms with van der Waals surface area (Å²) >= 11 is 1.46. The molecule has 2 aromatic rings. The van der Waals surface area contributed by atoms with E-state index in [0.29, 0.717) is 10.9 Å². The Labute approximate surface area is 79.4 Å². The van der Waals surface area contributed by atoms with Gasteiger partial charge in [-0.25, -0.2) is 4.39 Å². The third-order valence-electron chi connectivity index (χ3n) is 2.03. The molecule has 0 fully saturated rings. The van der Waals surface area contributed by atoms with Gasteiger partial charge in [0.15, 0.2) is 0 Å². The first-order chi connectivity index (χ1) is 6.20. The highest BCUT2D eigenvalue weighted by Gasteiger charge is 2.12. The zero-order valence-electron chi connectivity index (χ0n) is 7.12. The lowest BCUT2D eigenvalue weighted by molar-refractivity contribution is 0.376. The first-order valence-electron chi connectivity index (χ1n) is 4.03. The van der Waals surface area contributed by atoms with Crippen LogP contribution in [0.2, 0.25) is 0 Å². The third-order valence-corrected chi connectivity index (χ3v) is 3.00. The van der Waals surface area contributed by atoms with Crippen molar-refractivity contribution >= 4 is 21.4 Å². The number of aromatic hydroxyl groups is 1. The number of phenols is 1. The average molecular weight is 196 g/mol. The fraction of sp³-hybridized carbons (Fsp3) is 0.200. The molecule has 3 heteroatoms. The average Bonchev–Trinajstić information content (AvgIpc) is 2.49. The summed E-state index contributed by atoms with van der Waals surface area (Å²) in [7, 11) is 0. The second kappa shape index (κ2) is 3.00. The van der Waals surface area contributed by atoms with E-state index in [1.807, 2.05) is 6.07 Å². The molecule has 1 nitrogen and oxygen atoms in total. The molecule has 0 radical (unpaired) electrons. The first-order valence-corrected chi connectivity index (χ1v) is 4.91. The minimum atomic E-state index is -1.03. The van der Waals surface area contributed by atoms with Crippen LogP contribution in [0.1, 0.15) is 18.7 Å². The van der Waals surface area contributed by atoms with E-state index in [2.05, 4.69) is 0 Å². The molecule has 13 heavy (non-hydrogen) atoms. The topological polar surface area (TPSA) is 20.2 Å². The number of hydrogen-bond donors (Lipinski definition) is 1. The third kappa shape index (κ3) is 1.29. The number of alkyl halides is 1. The van der Waals surface area contributed by atoms with Crippen molar-refractivity contribution in [2.75, 3.05) is 0 Å². The van der Waals surface area contributed by atoms with Crippen LogP contribution in [0.4, 0.5) is 4.39 Å². The van der Waals surface area contributed by atoms with Gasteiger partial charge in [0.2, 0.25) is 0 Å². The largest absolute Gasteiger partial charge is 0.507 e. The fourth-order valence-electron chi connectivity index (χ4n) is 1.39. The maximum atomic E-state index is 13.1. The highest BCUT2D eigenvalue weighted by molar-refractivity contribution is 7.17. The fourth-order valence-corrected chi connectivity index (χ4v) is 2.44. The monoisotopic (exact) mass is 196 g/mol. The van der Waals surface area contributed by atoms with Gasteiger partial charge in [0.1, 0.15) is 11.9 Å². The molecule has 1 aromatic carbocycles. The summed E-state index contributed by atoms with van der Waals surface area (Å²) in [5.41, 5.74) is 0.582. The molecule has 0 aliphatic carbocycles. The lowest BCUT2D eigenvalue weighted by Crippen LogP contribution is -1.81. The Balaban J connectivity index is 2.79. The number of hydrogen-bond acceptors (Lipinski definition) is 2. The number of thiophene rings is 1. The summed E-state index contributed by atoms with van der Waals surface area (Å²) in [5.74, 6) is 0.165. The van der Waals surface area contributed by atoms with Gasteiger partial charge < -0.3 is 5.11 Å². The van der Waals surface area contributed by atoms with E-state index in [0.717, 1.165) is 4.70 Å². The van der Waals surface area contributed by atoms with Crippen LogP contribution >= 0.6 is 11.3 Å². The molecular formula is C10H9FOS. The summed E-state index contributed by atoms with van der Waals surface area (Å²) in [6.07, 6.45) is -1.03. The van der Waals surface area contributed by atoms with Crippen LogP contribution in [0.25, 0.3) is 10.1 Å². The summed E-state index contributed by atoms with van der Waals surface area (Å²) < 4.78 is 14.0. The van der Waals surface area contributed by atoms with Gasteiger partial charge in [-0.1, -0.05) is 6.07 Å². The molecule has 0 saturated carbocycles. The summed E-state index contributed by atoms with van der Waals surface area (Å²) in [4.78, 5) is 0. The maximum absolute atomic E-state index is 13.1. The quantitative estimate of drug-likeness (QED) is 0.738. The molecule has 0 aliphatic heterocycles. The number of benzene rings is 1. The SMILES string of the molecule is CC(F)c1csc2cccc(O)c12. The molecule has 0 aliphatic rings. The van der Waals surface area contributed by atoms with Crippen LogP contribution in [0.15, 0.2) is 23.6 Å². The van der Waals surface area contributed by atoms with Gasteiger partial charge in [0.25, 0.3) is 0 Å². The Kier molecular flexibility index (Phi) is 1.96. The van der Waals surface area contributed by atoms with Crippen LogP contribution in [-0.4, -0.2) is 5.11 Å². The molecule has 0 saturated heterocycles. The normalized spacial score (nSPS) is 13.4. The molecule has 0 amide bonds. The number of halogens is 1. The lowest BCUT2D eigenvalue weighted by atomic mass is 10.1. The van der Waals surface area contributed by atoms with Crippen molar-refractivity contribution < 1.29 is 9.50 Å². The van der Waals surface area contributed by atoms with Crippen LogP contribution in [0, 0.1) is 0 Å². The van der Waals surface area contributed by atoms with Crippen LogP contribution in [-0.2, 0) is 0 Å². The summed E-state index contributed by atoms with van der Waals surface area (Å²) in [5, 5.41) is 11.9. The number of rotatable bonds is 1. The standard InChI is InChI=1S/C10H9FOS/c1-6(11)7-5-13-9-4-2-3-8(12)10(7)9/h2-6,12H,1H3. The zero-order chi connectivity index (χ0) is 9.42. The van der Waals surface area contributed by atoms with E-state index in [1.54, 1.807) is 17.5 Å². The Bertz CT molecular complexity index is 433. The summed E-state index contributed by atoms with van der Waals surface area (Å²) in [6, 6.07) is 5.23. The van der Waals surface area contributed by atoms with Gasteiger partial charge in [-0.2, -0.15) is 0 Å². The molecule has 2 rings (SSSR count). The van der Waals surface area contributed by atoms with Gasteiger partial charge in [-0.15, -0.1) is 11.3 Å². The van der Waals surface area contributed by atoms with Crippen molar-refractivity contribution in [1.82, 2.24) is 0 Å². The van der Waals surface area contributed by atoms with Crippen molar-refractivity contribution in [3.05, 3.63) is 29.1 Å². The number of fused-ring (bicyclic) bond motifs is 1. The molecule has 0 spiro atoms. The Morgan fingerprint density at radius 2 is 2.23 bits per heavy atom. The van der Waals surface area contributed by atoms with E-state index in [1.165, 1.54) is 18.3 Å². The molecular weight excluding hydrogens is 187 g/mol. The van der Waals surface area contributed by atoms with E-state index in [-0.39, 0.29) is 5.75 Å². The van der Waals surface area contributed by atoms with Gasteiger partial charge in [0, 0.05) is 15.6 Å². The smallest absolute Gasteiger partial charge is 0.124 e. The molecule has 0 bridgehead atoms. The molecule has 1 N–H and O–H groups in total. The minimum absolute atomic E-state index is 0.165. The highest BCUT2D eigenvalue weighted by Crippen LogP contribution is 2.37. The predicted molar refractivity (Wildman–Crippen MR) is 53.0 cm³/mol. The van der Waals surface area contributed by atoms with E-state index in [4.69, 9.17) is 0 Å². The van der Waals surface area contributed by atoms with E-state index < -0.39 is 6.17 Å². The number of phenolic OH excluding ortho intramolecular Hbond substituents is 1. The van der Waals surface area contributed by atoms with Crippen molar-refractivity contribution in [1.29, 1.82) is 0 Å². The van der Waals surface area contributed by atoms with Crippen molar-refractivity contribution in [2.24, 2.45) is 0 Å². The minimum Gasteiger partial charge on any atom is -0.507 e. The lowest BCUT2D eigenvalue weighted by Gasteiger charge is -2.00. The molecule has 68 valence electrons. The van der Waals surface area contributed by atoms with Crippen LogP contribution in [0.5, 0.6) is 5.75 Å². The first kappa shape index (κ1) is 8.51. The summed E-state index contributed by atoms with van der Waals surface area (Å²) in [6.45, 7) is 1.48. The Morgan fingerprint density at radius 1 is 1.46 bits per heavy atom. The second-order valence-electron chi connectivity index (χ2n) is 2.96. The molecule has 1 heterocycles. The molecule has 1 aromatic heterocycles. The van der Waals surface area contributed by atoms with Gasteiger partial charge >= 0.3 is 0 Å². The molecule has 1 unspecified atom stereocenters. The van der Waals surface area contributed by atoms with Crippen molar-refractivity contribution in [2.45, 2.75) is 13.1 Å². The predicted octanol–water partition coefficient (Wildman–Crippen LogP) is 3.64. The van der Waals surface area contributed by atoms with Gasteiger partial charge in [-0.3, -0.25) is 0 Å². The molecule has 1 atom stereocenters. The maximum Gasteiger partial charge on any atom is 0.124 e. The van der Waals surface area contributed by atoms with E-state index in [9.17, 15) is 9.50 Å². The van der Waals surface area contributed by atoms with Gasteiger partial charge in [0.05, 0.1) is 0 Å². The van der Waals surface area contributed by atoms with E-state index >= 15 is 0 Å². The Morgan fingerprint density at radius 3 is 2.92 bits per heavy atom. The van der Waals surface area contributed by atoms with Crippen LogP contribution in [0.3, 0.4) is 0 Å².